The van der Waals surface area contributed by atoms with Gasteiger partial charge >= 0.3 is 0 Å². The van der Waals surface area contributed by atoms with E-state index >= 15 is 0 Å². The summed E-state index contributed by atoms with van der Waals surface area (Å²) < 4.78 is 38.9. The van der Waals surface area contributed by atoms with E-state index in [1.54, 1.807) is 13.0 Å². The number of anilines is 1. The standard InChI is InChI=1S/C22H30ClN3O5S/c1-6-26(7-2)11-10-24-22(27)17-12-16(9-8-15(17)3)32(28,29)25-19-13-18(23)20(30-4)14-21(19)31-5/h8-9,12-14,25H,6-7,10-11H2,1-5H3,(H,24,27). The number of likely N-dealkylation sites (N-methyl/N-ethyl adjacent to an activating group) is 1. The first-order chi connectivity index (χ1) is 15.2. The van der Waals surface area contributed by atoms with Crippen molar-refractivity contribution in [3.63, 3.8) is 0 Å². The molecule has 10 heteroatoms. The Morgan fingerprint density at radius 3 is 2.31 bits per heavy atom. The van der Waals surface area contributed by atoms with Crippen molar-refractivity contribution < 1.29 is 22.7 Å². The summed E-state index contributed by atoms with van der Waals surface area (Å²) >= 11 is 6.14. The van der Waals surface area contributed by atoms with Crippen molar-refractivity contribution in [1.29, 1.82) is 0 Å². The maximum absolute atomic E-state index is 13.0. The highest BCUT2D eigenvalue weighted by molar-refractivity contribution is 7.92. The van der Waals surface area contributed by atoms with Crippen LogP contribution in [0.15, 0.2) is 35.2 Å². The molecule has 176 valence electrons. The molecule has 0 heterocycles. The third-order valence-electron chi connectivity index (χ3n) is 5.09. The Hall–Kier alpha value is -2.49. The molecule has 0 saturated carbocycles. The lowest BCUT2D eigenvalue weighted by atomic mass is 10.1. The smallest absolute Gasteiger partial charge is 0.262 e. The van der Waals surface area contributed by atoms with Crippen molar-refractivity contribution in [1.82, 2.24) is 10.2 Å². The molecule has 2 rings (SSSR count). The summed E-state index contributed by atoms with van der Waals surface area (Å²) in [5.41, 5.74) is 1.13. The lowest BCUT2D eigenvalue weighted by molar-refractivity contribution is 0.0948. The van der Waals surface area contributed by atoms with Gasteiger partial charge in [-0.05, 0) is 43.8 Å². The molecule has 0 unspecified atom stereocenters. The fourth-order valence-corrected chi connectivity index (χ4v) is 4.45. The van der Waals surface area contributed by atoms with Crippen LogP contribution in [-0.2, 0) is 10.0 Å². The highest BCUT2D eigenvalue weighted by Crippen LogP contribution is 2.37. The van der Waals surface area contributed by atoms with Crippen molar-refractivity contribution >= 4 is 33.2 Å². The van der Waals surface area contributed by atoms with E-state index in [-0.39, 0.29) is 27.3 Å². The zero-order chi connectivity index (χ0) is 23.9. The molecule has 2 aromatic carbocycles. The van der Waals surface area contributed by atoms with Crippen LogP contribution in [0.2, 0.25) is 5.02 Å². The van der Waals surface area contributed by atoms with Gasteiger partial charge < -0.3 is 19.7 Å². The molecule has 32 heavy (non-hydrogen) atoms. The zero-order valence-electron chi connectivity index (χ0n) is 19.0. The average Bonchev–Trinajstić information content (AvgIpc) is 2.76. The fraction of sp³-hybridized carbons (Fsp3) is 0.409. The molecule has 0 bridgehead atoms. The minimum absolute atomic E-state index is 0.0500. The van der Waals surface area contributed by atoms with E-state index in [1.807, 2.05) is 0 Å². The van der Waals surface area contributed by atoms with Gasteiger partial charge in [0.25, 0.3) is 15.9 Å². The summed E-state index contributed by atoms with van der Waals surface area (Å²) in [5.74, 6) is 0.276. The number of rotatable bonds is 11. The van der Waals surface area contributed by atoms with E-state index in [1.165, 1.54) is 38.5 Å². The Bertz CT molecular complexity index is 1060. The summed E-state index contributed by atoms with van der Waals surface area (Å²) in [4.78, 5) is 14.8. The number of halogens is 1. The number of methoxy groups -OCH3 is 2. The zero-order valence-corrected chi connectivity index (χ0v) is 20.6. The number of carbonyl (C=O) groups excluding carboxylic acids is 1. The summed E-state index contributed by atoms with van der Waals surface area (Å²) in [6.45, 7) is 8.85. The monoisotopic (exact) mass is 483 g/mol. The quantitative estimate of drug-likeness (QED) is 0.507. The average molecular weight is 484 g/mol. The molecule has 8 nitrogen and oxygen atoms in total. The van der Waals surface area contributed by atoms with Crippen LogP contribution in [0.1, 0.15) is 29.8 Å². The van der Waals surface area contributed by atoms with Gasteiger partial charge in [0, 0.05) is 24.7 Å². The Balaban J connectivity index is 2.26. The molecule has 0 spiro atoms. The van der Waals surface area contributed by atoms with Gasteiger partial charge in [0.2, 0.25) is 0 Å². The second-order valence-corrected chi connectivity index (χ2v) is 9.14. The Morgan fingerprint density at radius 2 is 1.72 bits per heavy atom. The molecule has 0 fully saturated rings. The number of nitrogens with zero attached hydrogens (tertiary/aromatic N) is 1. The summed E-state index contributed by atoms with van der Waals surface area (Å²) in [7, 11) is -1.16. The molecule has 0 aromatic heterocycles. The SMILES string of the molecule is CCN(CC)CCNC(=O)c1cc(S(=O)(=O)Nc2cc(Cl)c(OC)cc2OC)ccc1C. The molecule has 2 N–H and O–H groups in total. The normalized spacial score (nSPS) is 11.3. The van der Waals surface area contributed by atoms with Gasteiger partial charge in [-0.1, -0.05) is 31.5 Å². The Labute approximate surface area is 194 Å². The first kappa shape index (κ1) is 25.8. The minimum Gasteiger partial charge on any atom is -0.495 e. The third-order valence-corrected chi connectivity index (χ3v) is 6.75. The summed E-state index contributed by atoms with van der Waals surface area (Å²) in [6.07, 6.45) is 0. The van der Waals surface area contributed by atoms with Crippen molar-refractivity contribution in [2.24, 2.45) is 0 Å². The second kappa shape index (κ2) is 11.4. The molecule has 0 aliphatic heterocycles. The summed E-state index contributed by atoms with van der Waals surface area (Å²) in [6, 6.07) is 7.31. The molecule has 2 aromatic rings. The van der Waals surface area contributed by atoms with Gasteiger partial charge in [-0.15, -0.1) is 0 Å². The van der Waals surface area contributed by atoms with Crippen molar-refractivity contribution in [2.75, 3.05) is 45.1 Å². The predicted octanol–water partition coefficient (Wildman–Crippen LogP) is 3.54. The van der Waals surface area contributed by atoms with Gasteiger partial charge in [0.15, 0.2) is 0 Å². The number of benzene rings is 2. The van der Waals surface area contributed by atoms with Crippen LogP contribution in [0.5, 0.6) is 11.5 Å². The van der Waals surface area contributed by atoms with Crippen LogP contribution in [-0.4, -0.2) is 59.6 Å². The topological polar surface area (TPSA) is 97.0 Å². The lowest BCUT2D eigenvalue weighted by Crippen LogP contribution is -2.35. The van der Waals surface area contributed by atoms with Gasteiger partial charge in [-0.3, -0.25) is 9.52 Å². The van der Waals surface area contributed by atoms with Crippen LogP contribution >= 0.6 is 11.6 Å². The van der Waals surface area contributed by atoms with Crippen molar-refractivity contribution in [3.05, 3.63) is 46.5 Å². The maximum atomic E-state index is 13.0. The van der Waals surface area contributed by atoms with Gasteiger partial charge in [0.1, 0.15) is 11.5 Å². The predicted molar refractivity (Wildman–Crippen MR) is 127 cm³/mol. The van der Waals surface area contributed by atoms with Gasteiger partial charge in [-0.2, -0.15) is 0 Å². The first-order valence-corrected chi connectivity index (χ1v) is 12.1. The largest absolute Gasteiger partial charge is 0.495 e. The molecule has 0 saturated heterocycles. The number of nitrogens with one attached hydrogen (secondary N) is 2. The highest BCUT2D eigenvalue weighted by Gasteiger charge is 2.21. The first-order valence-electron chi connectivity index (χ1n) is 10.2. The number of hydrogen-bond donors (Lipinski definition) is 2. The van der Waals surface area contributed by atoms with Gasteiger partial charge in [0.05, 0.1) is 29.8 Å². The molecular weight excluding hydrogens is 454 g/mol. The molecular formula is C22H30ClN3O5S. The minimum atomic E-state index is -4.01. The Morgan fingerprint density at radius 1 is 1.06 bits per heavy atom. The van der Waals surface area contributed by atoms with E-state index in [9.17, 15) is 13.2 Å². The molecule has 0 radical (unpaired) electrons. The number of ether oxygens (including phenoxy) is 2. The molecule has 1 amide bonds. The molecule has 0 aliphatic rings. The number of amides is 1. The molecule has 0 atom stereocenters. The van der Waals surface area contributed by atoms with E-state index in [0.717, 1.165) is 19.6 Å². The maximum Gasteiger partial charge on any atom is 0.262 e. The lowest BCUT2D eigenvalue weighted by Gasteiger charge is -2.18. The van der Waals surface area contributed by atoms with E-state index < -0.39 is 10.0 Å². The number of sulfonamides is 1. The van der Waals surface area contributed by atoms with E-state index in [2.05, 4.69) is 28.8 Å². The van der Waals surface area contributed by atoms with Gasteiger partial charge in [-0.25, -0.2) is 8.42 Å². The van der Waals surface area contributed by atoms with Crippen LogP contribution in [0.4, 0.5) is 5.69 Å². The number of hydrogen-bond acceptors (Lipinski definition) is 6. The van der Waals surface area contributed by atoms with Crippen LogP contribution in [0, 0.1) is 6.92 Å². The molecule has 0 aliphatic carbocycles. The second-order valence-electron chi connectivity index (χ2n) is 7.05. The van der Waals surface area contributed by atoms with Crippen LogP contribution in [0.3, 0.4) is 0 Å². The third kappa shape index (κ3) is 6.27. The van der Waals surface area contributed by atoms with Crippen molar-refractivity contribution in [3.8, 4) is 11.5 Å². The van der Waals surface area contributed by atoms with E-state index in [4.69, 9.17) is 21.1 Å². The highest BCUT2D eigenvalue weighted by atomic mass is 35.5. The number of carbonyl (C=O) groups is 1. The van der Waals surface area contributed by atoms with E-state index in [0.29, 0.717) is 23.4 Å². The number of aryl methyl sites for hydroxylation is 1. The van der Waals surface area contributed by atoms with Crippen molar-refractivity contribution in [2.45, 2.75) is 25.7 Å². The fourth-order valence-electron chi connectivity index (χ4n) is 3.12. The summed E-state index contributed by atoms with van der Waals surface area (Å²) in [5, 5.41) is 3.08. The van der Waals surface area contributed by atoms with Crippen LogP contribution < -0.4 is 19.5 Å². The van der Waals surface area contributed by atoms with Crippen LogP contribution in [0.25, 0.3) is 0 Å². The Kier molecular flexibility index (Phi) is 9.18.